The van der Waals surface area contributed by atoms with E-state index >= 15 is 0 Å². The van der Waals surface area contributed by atoms with Crippen LogP contribution in [0.15, 0.2) is 29.2 Å². The van der Waals surface area contributed by atoms with Crippen molar-refractivity contribution in [1.29, 1.82) is 0 Å². The van der Waals surface area contributed by atoms with E-state index in [4.69, 9.17) is 0 Å². The maximum absolute atomic E-state index is 12.5. The molecule has 0 spiro atoms. The number of aromatic amines is 1. The van der Waals surface area contributed by atoms with Crippen LogP contribution in [0.3, 0.4) is 0 Å². The van der Waals surface area contributed by atoms with E-state index in [-0.39, 0.29) is 17.4 Å². The minimum absolute atomic E-state index is 0.191. The van der Waals surface area contributed by atoms with Crippen molar-refractivity contribution < 1.29 is 4.79 Å². The number of carbonyl (C=O) groups is 1. The monoisotopic (exact) mass is 369 g/mol. The van der Waals surface area contributed by atoms with Gasteiger partial charge in [-0.1, -0.05) is 6.92 Å². The number of aromatic nitrogens is 6. The van der Waals surface area contributed by atoms with Crippen LogP contribution in [0, 0.1) is 26.7 Å². The van der Waals surface area contributed by atoms with E-state index in [9.17, 15) is 9.59 Å². The molecule has 3 aromatic heterocycles. The SMILES string of the molecule is Cc1cc(C)n(C[C@@H](C)CNC(=O)c2cnn(-c3ccc(=O)[nH]n3)c2C)n1. The summed E-state index contributed by atoms with van der Waals surface area (Å²) < 4.78 is 3.47. The molecule has 3 aromatic rings. The van der Waals surface area contributed by atoms with Crippen LogP contribution in [0.1, 0.15) is 34.4 Å². The van der Waals surface area contributed by atoms with Gasteiger partial charge in [0, 0.05) is 24.8 Å². The highest BCUT2D eigenvalue weighted by Crippen LogP contribution is 2.12. The highest BCUT2D eigenvalue weighted by Gasteiger charge is 2.17. The van der Waals surface area contributed by atoms with E-state index in [1.54, 1.807) is 13.0 Å². The van der Waals surface area contributed by atoms with Crippen LogP contribution < -0.4 is 10.9 Å². The highest BCUT2D eigenvalue weighted by atomic mass is 16.1. The smallest absolute Gasteiger partial charge is 0.264 e. The van der Waals surface area contributed by atoms with E-state index in [0.717, 1.165) is 17.9 Å². The summed E-state index contributed by atoms with van der Waals surface area (Å²) in [4.78, 5) is 23.7. The van der Waals surface area contributed by atoms with Crippen LogP contribution in [0.5, 0.6) is 0 Å². The minimum atomic E-state index is -0.293. The molecule has 0 saturated heterocycles. The van der Waals surface area contributed by atoms with Crippen molar-refractivity contribution in [3.63, 3.8) is 0 Å². The lowest BCUT2D eigenvalue weighted by atomic mass is 10.1. The minimum Gasteiger partial charge on any atom is -0.352 e. The van der Waals surface area contributed by atoms with Crippen molar-refractivity contribution in [2.24, 2.45) is 5.92 Å². The summed E-state index contributed by atoms with van der Waals surface area (Å²) in [5, 5.41) is 17.9. The summed E-state index contributed by atoms with van der Waals surface area (Å²) in [6.45, 7) is 9.10. The normalized spacial score (nSPS) is 12.1. The summed E-state index contributed by atoms with van der Waals surface area (Å²) in [5.74, 6) is 0.482. The van der Waals surface area contributed by atoms with E-state index in [1.165, 1.54) is 16.9 Å². The van der Waals surface area contributed by atoms with Gasteiger partial charge in [0.05, 0.1) is 23.1 Å². The highest BCUT2D eigenvalue weighted by molar-refractivity contribution is 5.95. The van der Waals surface area contributed by atoms with E-state index < -0.39 is 0 Å². The van der Waals surface area contributed by atoms with Gasteiger partial charge in [0.15, 0.2) is 5.82 Å². The second kappa shape index (κ2) is 7.56. The van der Waals surface area contributed by atoms with Gasteiger partial charge >= 0.3 is 0 Å². The molecule has 9 heteroatoms. The maximum Gasteiger partial charge on any atom is 0.264 e. The van der Waals surface area contributed by atoms with Gasteiger partial charge in [0.25, 0.3) is 11.5 Å². The number of nitrogens with zero attached hydrogens (tertiary/aromatic N) is 5. The third-order valence-electron chi connectivity index (χ3n) is 4.33. The van der Waals surface area contributed by atoms with Crippen molar-refractivity contribution >= 4 is 5.91 Å². The molecule has 3 rings (SSSR count). The first-order valence-corrected chi connectivity index (χ1v) is 8.75. The molecule has 0 bridgehead atoms. The molecule has 0 aliphatic rings. The first kappa shape index (κ1) is 18.6. The molecule has 142 valence electrons. The van der Waals surface area contributed by atoms with Crippen molar-refractivity contribution in [2.45, 2.75) is 34.2 Å². The molecule has 0 aliphatic carbocycles. The largest absolute Gasteiger partial charge is 0.352 e. The predicted octanol–water partition coefficient (Wildman–Crippen LogP) is 1.14. The van der Waals surface area contributed by atoms with Crippen LogP contribution in [0.4, 0.5) is 0 Å². The molecule has 0 unspecified atom stereocenters. The molecule has 0 radical (unpaired) electrons. The summed E-state index contributed by atoms with van der Waals surface area (Å²) in [6, 6.07) is 4.95. The average Bonchev–Trinajstić information content (AvgIpc) is 3.15. The number of hydrogen-bond donors (Lipinski definition) is 2. The fourth-order valence-corrected chi connectivity index (χ4v) is 2.90. The standard InChI is InChI=1S/C18H23N7O2/c1-11(10-24-13(3)7-12(2)23-24)8-19-18(27)15-9-20-25(14(15)4)16-5-6-17(26)22-21-16/h5-7,9,11H,8,10H2,1-4H3,(H,19,27)(H,22,26)/t11-/m0/s1. The first-order chi connectivity index (χ1) is 12.8. The second-order valence-corrected chi connectivity index (χ2v) is 6.76. The number of hydrogen-bond acceptors (Lipinski definition) is 5. The maximum atomic E-state index is 12.5. The fourth-order valence-electron chi connectivity index (χ4n) is 2.90. The van der Waals surface area contributed by atoms with Gasteiger partial charge in [-0.25, -0.2) is 9.78 Å². The number of aryl methyl sites for hydroxylation is 2. The summed E-state index contributed by atoms with van der Waals surface area (Å²) in [6.07, 6.45) is 1.50. The molecular formula is C18H23N7O2. The third kappa shape index (κ3) is 4.13. The van der Waals surface area contributed by atoms with E-state index in [0.29, 0.717) is 23.6 Å². The van der Waals surface area contributed by atoms with Crippen molar-refractivity contribution in [1.82, 2.24) is 35.1 Å². The Bertz CT molecular complexity index is 995. The fraction of sp³-hybridized carbons (Fsp3) is 0.389. The van der Waals surface area contributed by atoms with Crippen LogP contribution in [-0.2, 0) is 6.54 Å². The molecule has 0 fully saturated rings. The Morgan fingerprint density at radius 3 is 2.70 bits per heavy atom. The zero-order valence-electron chi connectivity index (χ0n) is 15.9. The second-order valence-electron chi connectivity index (χ2n) is 6.76. The molecular weight excluding hydrogens is 346 g/mol. The Balaban J connectivity index is 1.63. The third-order valence-corrected chi connectivity index (χ3v) is 4.33. The molecule has 27 heavy (non-hydrogen) atoms. The van der Waals surface area contributed by atoms with Crippen molar-refractivity contribution in [2.75, 3.05) is 6.54 Å². The quantitative estimate of drug-likeness (QED) is 0.677. The van der Waals surface area contributed by atoms with E-state index in [1.807, 2.05) is 24.6 Å². The lowest BCUT2D eigenvalue weighted by Crippen LogP contribution is -2.30. The van der Waals surface area contributed by atoms with Crippen LogP contribution in [0.25, 0.3) is 5.82 Å². The lowest BCUT2D eigenvalue weighted by Gasteiger charge is -2.14. The molecule has 3 heterocycles. The zero-order valence-corrected chi connectivity index (χ0v) is 15.9. The van der Waals surface area contributed by atoms with Crippen molar-refractivity contribution in [3.05, 3.63) is 57.4 Å². The topological polar surface area (TPSA) is 110 Å². The van der Waals surface area contributed by atoms with Gasteiger partial charge in [0.1, 0.15) is 0 Å². The Morgan fingerprint density at radius 2 is 2.07 bits per heavy atom. The summed E-state index contributed by atoms with van der Waals surface area (Å²) in [5.41, 5.74) is 2.93. The summed E-state index contributed by atoms with van der Waals surface area (Å²) >= 11 is 0. The molecule has 0 aromatic carbocycles. The molecule has 0 saturated carbocycles. The van der Waals surface area contributed by atoms with Gasteiger partial charge in [-0.15, -0.1) is 0 Å². The predicted molar refractivity (Wildman–Crippen MR) is 99.9 cm³/mol. The van der Waals surface area contributed by atoms with Crippen LogP contribution in [0.2, 0.25) is 0 Å². The van der Waals surface area contributed by atoms with Gasteiger partial charge < -0.3 is 5.32 Å². The Hall–Kier alpha value is -3.23. The number of nitrogens with one attached hydrogen (secondary N) is 2. The average molecular weight is 369 g/mol. The molecule has 1 atom stereocenters. The Labute approximate surface area is 156 Å². The van der Waals surface area contributed by atoms with E-state index in [2.05, 4.69) is 32.6 Å². The molecule has 9 nitrogen and oxygen atoms in total. The van der Waals surface area contributed by atoms with Gasteiger partial charge in [-0.05, 0) is 38.8 Å². The number of amides is 1. The summed E-state index contributed by atoms with van der Waals surface area (Å²) in [7, 11) is 0. The Kier molecular flexibility index (Phi) is 5.20. The van der Waals surface area contributed by atoms with Crippen molar-refractivity contribution in [3.8, 4) is 5.82 Å². The van der Waals surface area contributed by atoms with Crippen LogP contribution in [-0.4, -0.2) is 42.2 Å². The molecule has 0 aliphatic heterocycles. The first-order valence-electron chi connectivity index (χ1n) is 8.75. The molecule has 2 N–H and O–H groups in total. The molecule has 1 amide bonds. The van der Waals surface area contributed by atoms with Gasteiger partial charge in [-0.2, -0.15) is 15.3 Å². The number of carbonyl (C=O) groups excluding carboxylic acids is 1. The van der Waals surface area contributed by atoms with Crippen LogP contribution >= 0.6 is 0 Å². The number of H-pyrrole nitrogens is 1. The van der Waals surface area contributed by atoms with Gasteiger partial charge in [-0.3, -0.25) is 14.3 Å². The number of rotatable bonds is 6. The Morgan fingerprint density at radius 1 is 1.30 bits per heavy atom. The zero-order chi connectivity index (χ0) is 19.6. The van der Waals surface area contributed by atoms with Gasteiger partial charge in [0.2, 0.25) is 0 Å². The lowest BCUT2D eigenvalue weighted by molar-refractivity contribution is 0.0946.